The normalized spacial score (nSPS) is 11.9. The second-order valence-electron chi connectivity index (χ2n) is 4.33. The van der Waals surface area contributed by atoms with Gasteiger partial charge in [-0.1, -0.05) is 6.07 Å². The van der Waals surface area contributed by atoms with Crippen LogP contribution in [0.4, 0.5) is 0 Å². The van der Waals surface area contributed by atoms with Crippen molar-refractivity contribution in [3.63, 3.8) is 0 Å². The fraction of sp³-hybridized carbons (Fsp3) is 0.417. The van der Waals surface area contributed by atoms with E-state index in [4.69, 9.17) is 0 Å². The number of nitrogens with one attached hydrogen (secondary N) is 1. The zero-order valence-electron chi connectivity index (χ0n) is 9.78. The molecular weight excluding hydrogens is 236 g/mol. The van der Waals surface area contributed by atoms with Crippen molar-refractivity contribution in [2.75, 3.05) is 0 Å². The number of aromatic nitrogens is 1. The fourth-order valence-corrected chi connectivity index (χ4v) is 2.93. The molecule has 0 saturated heterocycles. The maximum Gasteiger partial charge on any atom is 0.112 e. The molecule has 0 fully saturated rings. The Morgan fingerprint density at radius 1 is 1.44 bits per heavy atom. The number of nitrogens with zero attached hydrogens (tertiary/aromatic N) is 1. The third-order valence-electron chi connectivity index (χ3n) is 2.44. The van der Waals surface area contributed by atoms with Crippen molar-refractivity contribution in [3.05, 3.63) is 38.5 Å². The van der Waals surface area contributed by atoms with Crippen molar-refractivity contribution in [3.8, 4) is 0 Å². The van der Waals surface area contributed by atoms with E-state index in [1.54, 1.807) is 22.7 Å². The first-order valence-corrected chi connectivity index (χ1v) is 6.98. The standard InChI is InChI=1S/C12H16N2S2/c1-9-7-13-11(16-9)12(2,3)14-8-10-5-4-6-15-10/h4-7,14H,8H2,1-3H3. The number of rotatable bonds is 4. The molecule has 0 aliphatic carbocycles. The molecule has 0 aliphatic rings. The quantitative estimate of drug-likeness (QED) is 0.900. The van der Waals surface area contributed by atoms with Crippen LogP contribution in [0.15, 0.2) is 23.7 Å². The molecule has 0 aromatic carbocycles. The molecule has 2 nitrogen and oxygen atoms in total. The molecule has 0 aliphatic heterocycles. The van der Waals surface area contributed by atoms with Gasteiger partial charge in [-0.25, -0.2) is 4.98 Å². The molecular formula is C12H16N2S2. The highest BCUT2D eigenvalue weighted by Crippen LogP contribution is 2.25. The molecule has 2 aromatic rings. The molecule has 0 saturated carbocycles. The van der Waals surface area contributed by atoms with E-state index >= 15 is 0 Å². The number of aryl methyl sites for hydroxylation is 1. The topological polar surface area (TPSA) is 24.9 Å². The highest BCUT2D eigenvalue weighted by atomic mass is 32.1. The molecule has 4 heteroatoms. The first kappa shape index (κ1) is 11.8. The summed E-state index contributed by atoms with van der Waals surface area (Å²) >= 11 is 3.55. The Kier molecular flexibility index (Phi) is 3.42. The molecule has 1 N–H and O–H groups in total. The van der Waals surface area contributed by atoms with Crippen LogP contribution in [0.1, 0.15) is 28.6 Å². The number of thiazole rings is 1. The van der Waals surface area contributed by atoms with Crippen molar-refractivity contribution >= 4 is 22.7 Å². The summed E-state index contributed by atoms with van der Waals surface area (Å²) in [6.07, 6.45) is 1.94. The Balaban J connectivity index is 2.02. The SMILES string of the molecule is Cc1cnc(C(C)(C)NCc2cccs2)s1. The molecule has 0 radical (unpaired) electrons. The van der Waals surface area contributed by atoms with Crippen LogP contribution in [0.5, 0.6) is 0 Å². The Bertz CT molecular complexity index is 443. The molecule has 0 spiro atoms. The summed E-state index contributed by atoms with van der Waals surface area (Å²) in [4.78, 5) is 7.07. The lowest BCUT2D eigenvalue weighted by Gasteiger charge is -2.23. The van der Waals surface area contributed by atoms with Crippen LogP contribution in [-0.2, 0) is 12.1 Å². The Morgan fingerprint density at radius 2 is 2.25 bits per heavy atom. The first-order chi connectivity index (χ1) is 7.58. The maximum absolute atomic E-state index is 4.45. The fourth-order valence-electron chi connectivity index (χ4n) is 1.44. The Hall–Kier alpha value is -0.710. The summed E-state index contributed by atoms with van der Waals surface area (Å²) < 4.78 is 0. The minimum atomic E-state index is -0.0527. The van der Waals surface area contributed by atoms with Gasteiger partial charge in [-0.05, 0) is 32.2 Å². The van der Waals surface area contributed by atoms with E-state index in [2.05, 4.69) is 48.6 Å². The number of thiophene rings is 1. The van der Waals surface area contributed by atoms with Gasteiger partial charge in [0.15, 0.2) is 0 Å². The molecule has 2 heterocycles. The maximum atomic E-state index is 4.45. The minimum Gasteiger partial charge on any atom is -0.301 e. The molecule has 0 amide bonds. The van der Waals surface area contributed by atoms with Gasteiger partial charge in [0.1, 0.15) is 5.01 Å². The van der Waals surface area contributed by atoms with E-state index in [1.807, 2.05) is 6.20 Å². The van der Waals surface area contributed by atoms with Gasteiger partial charge in [0.05, 0.1) is 5.54 Å². The summed E-state index contributed by atoms with van der Waals surface area (Å²) in [5.74, 6) is 0. The molecule has 0 bridgehead atoms. The van der Waals surface area contributed by atoms with Crippen molar-refractivity contribution < 1.29 is 0 Å². The molecule has 86 valence electrons. The summed E-state index contributed by atoms with van der Waals surface area (Å²) in [6, 6.07) is 4.24. The van der Waals surface area contributed by atoms with Gasteiger partial charge in [0.25, 0.3) is 0 Å². The largest absolute Gasteiger partial charge is 0.301 e. The van der Waals surface area contributed by atoms with Gasteiger partial charge >= 0.3 is 0 Å². The zero-order valence-corrected chi connectivity index (χ0v) is 11.4. The molecule has 16 heavy (non-hydrogen) atoms. The molecule has 0 atom stereocenters. The Labute approximate surface area is 104 Å². The monoisotopic (exact) mass is 252 g/mol. The van der Waals surface area contributed by atoms with E-state index in [9.17, 15) is 0 Å². The van der Waals surface area contributed by atoms with Gasteiger partial charge in [-0.2, -0.15) is 0 Å². The molecule has 2 aromatic heterocycles. The van der Waals surface area contributed by atoms with Crippen molar-refractivity contribution in [2.45, 2.75) is 32.9 Å². The predicted octanol–water partition coefficient (Wildman–Crippen LogP) is 3.54. The highest BCUT2D eigenvalue weighted by Gasteiger charge is 2.23. The minimum absolute atomic E-state index is 0.0527. The van der Waals surface area contributed by atoms with Gasteiger partial charge in [-0.3, -0.25) is 0 Å². The molecule has 0 unspecified atom stereocenters. The van der Waals surface area contributed by atoms with E-state index in [0.717, 1.165) is 11.6 Å². The van der Waals surface area contributed by atoms with Crippen LogP contribution < -0.4 is 5.32 Å². The van der Waals surface area contributed by atoms with E-state index < -0.39 is 0 Å². The summed E-state index contributed by atoms with van der Waals surface area (Å²) in [5.41, 5.74) is -0.0527. The second kappa shape index (κ2) is 4.65. The smallest absolute Gasteiger partial charge is 0.112 e. The zero-order chi connectivity index (χ0) is 11.6. The third kappa shape index (κ3) is 2.70. The van der Waals surface area contributed by atoms with Crippen LogP contribution in [0, 0.1) is 6.92 Å². The lowest BCUT2D eigenvalue weighted by molar-refractivity contribution is 0.401. The number of hydrogen-bond acceptors (Lipinski definition) is 4. The highest BCUT2D eigenvalue weighted by molar-refractivity contribution is 7.11. The van der Waals surface area contributed by atoms with E-state index in [0.29, 0.717) is 0 Å². The third-order valence-corrected chi connectivity index (χ3v) is 4.55. The lowest BCUT2D eigenvalue weighted by Crippen LogP contribution is -2.35. The van der Waals surface area contributed by atoms with Crippen LogP contribution in [-0.4, -0.2) is 4.98 Å². The van der Waals surface area contributed by atoms with Crippen molar-refractivity contribution in [2.24, 2.45) is 0 Å². The number of hydrogen-bond donors (Lipinski definition) is 1. The molecule has 2 rings (SSSR count). The summed E-state index contributed by atoms with van der Waals surface area (Å²) in [6.45, 7) is 7.36. The van der Waals surface area contributed by atoms with Crippen LogP contribution in [0.2, 0.25) is 0 Å². The van der Waals surface area contributed by atoms with Gasteiger partial charge in [-0.15, -0.1) is 22.7 Å². The van der Waals surface area contributed by atoms with E-state index in [1.165, 1.54) is 9.75 Å². The predicted molar refractivity (Wildman–Crippen MR) is 71.0 cm³/mol. The van der Waals surface area contributed by atoms with Crippen LogP contribution in [0.25, 0.3) is 0 Å². The lowest BCUT2D eigenvalue weighted by atomic mass is 10.1. The average Bonchev–Trinajstić information content (AvgIpc) is 2.85. The van der Waals surface area contributed by atoms with E-state index in [-0.39, 0.29) is 5.54 Å². The van der Waals surface area contributed by atoms with Gasteiger partial charge in [0, 0.05) is 22.5 Å². The average molecular weight is 252 g/mol. The van der Waals surface area contributed by atoms with Crippen LogP contribution in [0.3, 0.4) is 0 Å². The van der Waals surface area contributed by atoms with Crippen LogP contribution >= 0.6 is 22.7 Å². The van der Waals surface area contributed by atoms with Crippen molar-refractivity contribution in [1.29, 1.82) is 0 Å². The second-order valence-corrected chi connectivity index (χ2v) is 6.60. The van der Waals surface area contributed by atoms with Gasteiger partial charge in [0.2, 0.25) is 0 Å². The summed E-state index contributed by atoms with van der Waals surface area (Å²) in [5, 5.41) is 6.81. The first-order valence-electron chi connectivity index (χ1n) is 5.28. The summed E-state index contributed by atoms with van der Waals surface area (Å²) in [7, 11) is 0. The van der Waals surface area contributed by atoms with Gasteiger partial charge < -0.3 is 5.32 Å². The Morgan fingerprint density at radius 3 is 2.81 bits per heavy atom. The van der Waals surface area contributed by atoms with Crippen molar-refractivity contribution in [1.82, 2.24) is 10.3 Å².